The average molecular weight is 508 g/mol. The van der Waals surface area contributed by atoms with Crippen LogP contribution in [0.5, 0.6) is 0 Å². The van der Waals surface area contributed by atoms with Gasteiger partial charge in [0.1, 0.15) is 0 Å². The molecule has 0 fully saturated rings. The third kappa shape index (κ3) is 5.04. The van der Waals surface area contributed by atoms with E-state index in [9.17, 15) is 13.2 Å². The van der Waals surface area contributed by atoms with E-state index in [0.29, 0.717) is 16.1 Å². The first-order chi connectivity index (χ1) is 16.7. The summed E-state index contributed by atoms with van der Waals surface area (Å²) in [4.78, 5) is 12.6. The molecule has 0 aliphatic rings. The van der Waals surface area contributed by atoms with Crippen molar-refractivity contribution in [1.82, 2.24) is 3.97 Å². The highest BCUT2D eigenvalue weighted by molar-refractivity contribution is 7.90. The van der Waals surface area contributed by atoms with Gasteiger partial charge in [0.15, 0.2) is 0 Å². The second-order valence-corrected chi connectivity index (χ2v) is 10.6. The maximum Gasteiger partial charge on any atom is 0.333 e. The molecular weight excluding hydrogens is 482 g/mol. The summed E-state index contributed by atoms with van der Waals surface area (Å²) >= 11 is 6.30. The Kier molecular flexibility index (Phi) is 7.15. The van der Waals surface area contributed by atoms with Crippen molar-refractivity contribution in [1.29, 1.82) is 0 Å². The van der Waals surface area contributed by atoms with Crippen molar-refractivity contribution in [3.8, 4) is 0 Å². The molecule has 0 aliphatic heterocycles. The Morgan fingerprint density at radius 1 is 1.06 bits per heavy atom. The van der Waals surface area contributed by atoms with Gasteiger partial charge in [0.25, 0.3) is 10.0 Å². The molecule has 0 N–H and O–H groups in total. The molecular formula is C28H26ClNO4S. The van der Waals surface area contributed by atoms with Crippen molar-refractivity contribution in [3.05, 3.63) is 112 Å². The third-order valence-corrected chi connectivity index (χ3v) is 7.77. The summed E-state index contributed by atoms with van der Waals surface area (Å²) in [7, 11) is -3.86. The standard InChI is InChI=1S/C28H26ClNO4S/c1-4-34-28(31)20(3)16-25(21-8-7-9-22(29)17-21)26-18-30(27-11-6-5-10-24(26)27)35(32,33)23-14-12-19(2)13-15-23/h5-18,25H,4H2,1-3H3/b20-16-. The van der Waals surface area contributed by atoms with Gasteiger partial charge in [-0.2, -0.15) is 0 Å². The fraction of sp³-hybridized carbons (Fsp3) is 0.179. The normalized spacial score (nSPS) is 13.1. The summed E-state index contributed by atoms with van der Waals surface area (Å²) in [5, 5.41) is 1.31. The van der Waals surface area contributed by atoms with Crippen LogP contribution in [0.1, 0.15) is 36.5 Å². The van der Waals surface area contributed by atoms with Crippen molar-refractivity contribution < 1.29 is 17.9 Å². The lowest BCUT2D eigenvalue weighted by Gasteiger charge is -2.15. The lowest BCUT2D eigenvalue weighted by atomic mass is 9.89. The molecule has 4 aromatic rings. The molecule has 0 amide bonds. The van der Waals surface area contributed by atoms with Gasteiger partial charge in [-0.15, -0.1) is 0 Å². The molecule has 1 heterocycles. The lowest BCUT2D eigenvalue weighted by molar-refractivity contribution is -0.138. The lowest BCUT2D eigenvalue weighted by Crippen LogP contribution is -2.12. The Morgan fingerprint density at radius 2 is 1.77 bits per heavy atom. The topological polar surface area (TPSA) is 65.4 Å². The van der Waals surface area contributed by atoms with Crippen LogP contribution in [0, 0.1) is 6.92 Å². The van der Waals surface area contributed by atoms with Gasteiger partial charge in [0.05, 0.1) is 17.0 Å². The van der Waals surface area contributed by atoms with E-state index in [1.807, 2.05) is 37.3 Å². The Bertz CT molecular complexity index is 1520. The first kappa shape index (κ1) is 24.8. The monoisotopic (exact) mass is 507 g/mol. The zero-order valence-corrected chi connectivity index (χ0v) is 21.3. The van der Waals surface area contributed by atoms with Crippen LogP contribution in [0.3, 0.4) is 0 Å². The van der Waals surface area contributed by atoms with E-state index in [4.69, 9.17) is 16.3 Å². The molecule has 1 unspecified atom stereocenters. The summed E-state index contributed by atoms with van der Waals surface area (Å²) in [5.74, 6) is -0.854. The summed E-state index contributed by atoms with van der Waals surface area (Å²) < 4.78 is 33.8. The quantitative estimate of drug-likeness (QED) is 0.212. The molecule has 0 saturated heterocycles. The number of carbonyl (C=O) groups is 1. The molecule has 3 aromatic carbocycles. The number of carbonyl (C=O) groups excluding carboxylic acids is 1. The van der Waals surface area contributed by atoms with Gasteiger partial charge in [-0.1, -0.05) is 65.7 Å². The molecule has 35 heavy (non-hydrogen) atoms. The molecule has 4 rings (SSSR count). The number of esters is 1. The second-order valence-electron chi connectivity index (χ2n) is 8.32. The summed E-state index contributed by atoms with van der Waals surface area (Å²) in [6, 6.07) is 21.4. The van der Waals surface area contributed by atoms with E-state index in [0.717, 1.165) is 22.1 Å². The number of ether oxygens (including phenoxy) is 1. The number of aryl methyl sites for hydroxylation is 1. The molecule has 1 aromatic heterocycles. The maximum absolute atomic E-state index is 13.7. The van der Waals surface area contributed by atoms with Crippen molar-refractivity contribution in [2.24, 2.45) is 0 Å². The number of nitrogens with zero attached hydrogens (tertiary/aromatic N) is 1. The van der Waals surface area contributed by atoms with Gasteiger partial charge < -0.3 is 4.74 Å². The van der Waals surface area contributed by atoms with Gasteiger partial charge in [0, 0.05) is 28.1 Å². The fourth-order valence-corrected chi connectivity index (χ4v) is 5.65. The first-order valence-corrected chi connectivity index (χ1v) is 13.1. The molecule has 0 bridgehead atoms. The number of hydrogen-bond donors (Lipinski definition) is 0. The highest BCUT2D eigenvalue weighted by Crippen LogP contribution is 2.36. The average Bonchev–Trinajstić information content (AvgIpc) is 3.23. The predicted molar refractivity (Wildman–Crippen MR) is 139 cm³/mol. The highest BCUT2D eigenvalue weighted by Gasteiger charge is 2.25. The number of para-hydroxylation sites is 1. The minimum Gasteiger partial charge on any atom is -0.463 e. The molecule has 5 nitrogen and oxygen atoms in total. The Hall–Kier alpha value is -3.35. The number of benzene rings is 3. The second kappa shape index (κ2) is 10.1. The van der Waals surface area contributed by atoms with Crippen molar-refractivity contribution in [2.75, 3.05) is 6.61 Å². The Morgan fingerprint density at radius 3 is 2.46 bits per heavy atom. The van der Waals surface area contributed by atoms with Gasteiger partial charge in [-0.3, -0.25) is 0 Å². The van der Waals surface area contributed by atoms with Crippen molar-refractivity contribution in [2.45, 2.75) is 31.6 Å². The molecule has 0 radical (unpaired) electrons. The van der Waals surface area contributed by atoms with Crippen LogP contribution in [0.15, 0.2) is 95.5 Å². The third-order valence-electron chi connectivity index (χ3n) is 5.84. The fourth-order valence-electron chi connectivity index (χ4n) is 4.07. The molecule has 7 heteroatoms. The van der Waals surface area contributed by atoms with Gasteiger partial charge in [-0.25, -0.2) is 17.2 Å². The van der Waals surface area contributed by atoms with Crippen LogP contribution in [0.2, 0.25) is 5.02 Å². The van der Waals surface area contributed by atoms with Gasteiger partial charge >= 0.3 is 5.97 Å². The van der Waals surface area contributed by atoms with Crippen LogP contribution in [-0.4, -0.2) is 25.0 Å². The number of fused-ring (bicyclic) bond motifs is 1. The van der Waals surface area contributed by atoms with Crippen LogP contribution >= 0.6 is 11.6 Å². The van der Waals surface area contributed by atoms with E-state index in [2.05, 4.69) is 0 Å². The smallest absolute Gasteiger partial charge is 0.333 e. The van der Waals surface area contributed by atoms with Crippen molar-refractivity contribution >= 4 is 38.5 Å². The summed E-state index contributed by atoms with van der Waals surface area (Å²) in [6.07, 6.45) is 3.44. The molecule has 0 aliphatic carbocycles. The van der Waals surface area contributed by atoms with Gasteiger partial charge in [-0.05, 0) is 62.2 Å². The van der Waals surface area contributed by atoms with Crippen LogP contribution < -0.4 is 0 Å². The van der Waals surface area contributed by atoms with Crippen LogP contribution in [-0.2, 0) is 19.6 Å². The van der Waals surface area contributed by atoms with E-state index in [1.54, 1.807) is 68.6 Å². The van der Waals surface area contributed by atoms with E-state index >= 15 is 0 Å². The maximum atomic E-state index is 13.7. The first-order valence-electron chi connectivity index (χ1n) is 11.3. The minimum absolute atomic E-state index is 0.202. The minimum atomic E-state index is -3.86. The zero-order valence-electron chi connectivity index (χ0n) is 19.7. The number of halogens is 1. The van der Waals surface area contributed by atoms with Gasteiger partial charge in [0.2, 0.25) is 0 Å². The zero-order chi connectivity index (χ0) is 25.2. The SMILES string of the molecule is CCOC(=O)/C(C)=C\C(c1cccc(Cl)c1)c1cn(S(=O)(=O)c2ccc(C)cc2)c2ccccc12. The van der Waals surface area contributed by atoms with Crippen LogP contribution in [0.25, 0.3) is 10.9 Å². The molecule has 0 spiro atoms. The summed E-state index contributed by atoms with van der Waals surface area (Å²) in [6.45, 7) is 5.62. The number of aromatic nitrogens is 1. The Balaban J connectivity index is 1.96. The number of hydrogen-bond acceptors (Lipinski definition) is 4. The number of rotatable bonds is 7. The number of allylic oxidation sites excluding steroid dienone is 1. The van der Waals surface area contributed by atoms with E-state index in [1.165, 1.54) is 3.97 Å². The molecule has 0 saturated carbocycles. The van der Waals surface area contributed by atoms with E-state index in [-0.39, 0.29) is 11.5 Å². The largest absolute Gasteiger partial charge is 0.463 e. The van der Waals surface area contributed by atoms with Crippen LogP contribution in [0.4, 0.5) is 0 Å². The van der Waals surface area contributed by atoms with Crippen molar-refractivity contribution in [3.63, 3.8) is 0 Å². The van der Waals surface area contributed by atoms with E-state index < -0.39 is 21.9 Å². The Labute approximate surface area is 210 Å². The molecule has 1 atom stereocenters. The highest BCUT2D eigenvalue weighted by atomic mass is 35.5. The molecule has 180 valence electrons. The summed E-state index contributed by atoms with van der Waals surface area (Å²) in [5.41, 5.74) is 3.52. The predicted octanol–water partition coefficient (Wildman–Crippen LogP) is 6.48.